The molecular formula is C21H22. The average Bonchev–Trinajstić information content (AvgIpc) is 2.72. The van der Waals surface area contributed by atoms with E-state index in [1.165, 1.54) is 38.3 Å². The Morgan fingerprint density at radius 2 is 1.52 bits per heavy atom. The maximum Gasteiger partial charge on any atom is -0.00734 e. The zero-order valence-electron chi connectivity index (χ0n) is 13.3. The van der Waals surface area contributed by atoms with Crippen LogP contribution in [-0.2, 0) is 0 Å². The van der Waals surface area contributed by atoms with Gasteiger partial charge in [0, 0.05) is 0 Å². The molecule has 2 aliphatic rings. The monoisotopic (exact) mass is 274 g/mol. The van der Waals surface area contributed by atoms with Crippen molar-refractivity contribution in [2.24, 2.45) is 5.92 Å². The van der Waals surface area contributed by atoms with Crippen molar-refractivity contribution in [1.82, 2.24) is 0 Å². The van der Waals surface area contributed by atoms with Crippen LogP contribution in [0.25, 0.3) is 11.6 Å². The summed E-state index contributed by atoms with van der Waals surface area (Å²) in [5.41, 5.74) is 6.81. The van der Waals surface area contributed by atoms with Gasteiger partial charge >= 0.3 is 0 Å². The van der Waals surface area contributed by atoms with Gasteiger partial charge in [0.2, 0.25) is 0 Å². The maximum atomic E-state index is 2.37. The van der Waals surface area contributed by atoms with Gasteiger partial charge in [-0.2, -0.15) is 0 Å². The van der Waals surface area contributed by atoms with Crippen LogP contribution in [0.2, 0.25) is 0 Å². The molecule has 0 radical (unpaired) electrons. The van der Waals surface area contributed by atoms with E-state index < -0.39 is 0 Å². The van der Waals surface area contributed by atoms with Gasteiger partial charge in [-0.15, -0.1) is 0 Å². The van der Waals surface area contributed by atoms with Crippen LogP contribution in [0.1, 0.15) is 27.7 Å². The molecule has 0 amide bonds. The Morgan fingerprint density at radius 1 is 0.810 bits per heavy atom. The summed E-state index contributed by atoms with van der Waals surface area (Å²) in [5.74, 6) is 0.538. The van der Waals surface area contributed by atoms with Crippen LogP contribution in [0.15, 0.2) is 70.9 Å². The van der Waals surface area contributed by atoms with Crippen molar-refractivity contribution in [2.45, 2.75) is 27.7 Å². The number of benzene rings is 1. The molecule has 1 aromatic rings. The predicted molar refractivity (Wildman–Crippen MR) is 92.1 cm³/mol. The van der Waals surface area contributed by atoms with Gasteiger partial charge in [0.05, 0.1) is 0 Å². The van der Waals surface area contributed by atoms with Crippen molar-refractivity contribution in [3.63, 3.8) is 0 Å². The first-order valence-corrected chi connectivity index (χ1v) is 7.67. The summed E-state index contributed by atoms with van der Waals surface area (Å²) in [4.78, 5) is 0. The Kier molecular flexibility index (Phi) is 3.55. The fraction of sp³-hybridized carbons (Fsp3) is 0.238. The molecule has 106 valence electrons. The van der Waals surface area contributed by atoms with E-state index >= 15 is 0 Å². The minimum atomic E-state index is 0.538. The third-order valence-electron chi connectivity index (χ3n) is 4.33. The molecule has 0 aromatic heterocycles. The highest BCUT2D eigenvalue weighted by molar-refractivity contribution is 5.85. The molecule has 0 saturated carbocycles. The van der Waals surface area contributed by atoms with Crippen molar-refractivity contribution in [3.8, 4) is 0 Å². The number of fused-ring (bicyclic) bond motifs is 2. The van der Waals surface area contributed by atoms with E-state index in [1.807, 2.05) is 0 Å². The summed E-state index contributed by atoms with van der Waals surface area (Å²) >= 11 is 0. The number of hydrogen-bond donors (Lipinski definition) is 0. The molecule has 0 nitrogen and oxygen atoms in total. The Labute approximate surface area is 127 Å². The lowest BCUT2D eigenvalue weighted by atomic mass is 9.91. The fourth-order valence-electron chi connectivity index (χ4n) is 3.01. The SMILES string of the molecule is CC1=CC=c2ccccc2=C2C(C)=CC=C(C(C)C)C=C12. The molecule has 1 aromatic carbocycles. The second-order valence-electron chi connectivity index (χ2n) is 6.21. The van der Waals surface area contributed by atoms with E-state index in [0.717, 1.165) is 0 Å². The van der Waals surface area contributed by atoms with Gasteiger partial charge in [-0.1, -0.05) is 68.5 Å². The Morgan fingerprint density at radius 3 is 2.29 bits per heavy atom. The van der Waals surface area contributed by atoms with Crippen molar-refractivity contribution >= 4 is 11.6 Å². The minimum Gasteiger partial charge on any atom is -0.0616 e. The van der Waals surface area contributed by atoms with Crippen molar-refractivity contribution in [2.75, 3.05) is 0 Å². The van der Waals surface area contributed by atoms with Gasteiger partial charge in [-0.05, 0) is 58.1 Å². The lowest BCUT2D eigenvalue weighted by Gasteiger charge is -2.13. The molecule has 0 spiro atoms. The fourth-order valence-corrected chi connectivity index (χ4v) is 3.01. The highest BCUT2D eigenvalue weighted by atomic mass is 14.2. The van der Waals surface area contributed by atoms with E-state index in [4.69, 9.17) is 0 Å². The molecule has 21 heavy (non-hydrogen) atoms. The zero-order valence-corrected chi connectivity index (χ0v) is 13.3. The highest BCUT2D eigenvalue weighted by Crippen LogP contribution is 2.32. The summed E-state index contributed by atoms with van der Waals surface area (Å²) in [6.07, 6.45) is 11.4. The normalized spacial score (nSPS) is 17.5. The van der Waals surface area contributed by atoms with Gasteiger partial charge in [0.25, 0.3) is 0 Å². The van der Waals surface area contributed by atoms with Crippen LogP contribution in [-0.4, -0.2) is 0 Å². The topological polar surface area (TPSA) is 0 Å². The lowest BCUT2D eigenvalue weighted by Crippen LogP contribution is -2.26. The summed E-state index contributed by atoms with van der Waals surface area (Å²) in [6, 6.07) is 8.68. The molecule has 0 N–H and O–H groups in total. The van der Waals surface area contributed by atoms with E-state index in [1.54, 1.807) is 0 Å². The first-order chi connectivity index (χ1) is 10.1. The smallest absolute Gasteiger partial charge is 0.00734 e. The first kappa shape index (κ1) is 13.9. The Hall–Kier alpha value is -2.08. The molecule has 0 unspecified atom stereocenters. The standard InChI is InChI=1S/C21H22/c1-14(2)18-12-10-16(4)21-19-8-6-5-7-17(19)11-9-15(3)20(21)13-18/h5-14H,1-4H3. The van der Waals surface area contributed by atoms with Crippen LogP contribution < -0.4 is 10.4 Å². The molecule has 0 atom stereocenters. The molecule has 0 heterocycles. The molecule has 0 saturated heterocycles. The predicted octanol–water partition coefficient (Wildman–Crippen LogP) is 4.05. The van der Waals surface area contributed by atoms with Gasteiger partial charge in [-0.25, -0.2) is 0 Å². The van der Waals surface area contributed by atoms with Gasteiger partial charge in [-0.3, -0.25) is 0 Å². The number of hydrogen-bond acceptors (Lipinski definition) is 0. The molecule has 0 heteroatoms. The van der Waals surface area contributed by atoms with E-state index in [0.29, 0.717) is 5.92 Å². The summed E-state index contributed by atoms with van der Waals surface area (Å²) in [6.45, 7) is 8.95. The van der Waals surface area contributed by atoms with E-state index in [2.05, 4.69) is 82.3 Å². The van der Waals surface area contributed by atoms with Gasteiger partial charge < -0.3 is 0 Å². The minimum absolute atomic E-state index is 0.538. The molecule has 0 fully saturated rings. The third-order valence-corrected chi connectivity index (χ3v) is 4.33. The number of rotatable bonds is 1. The lowest BCUT2D eigenvalue weighted by molar-refractivity contribution is 0.791. The van der Waals surface area contributed by atoms with Crippen molar-refractivity contribution in [1.29, 1.82) is 0 Å². The van der Waals surface area contributed by atoms with Crippen LogP contribution in [0.3, 0.4) is 0 Å². The second kappa shape index (κ2) is 5.37. The van der Waals surface area contributed by atoms with Crippen LogP contribution in [0.4, 0.5) is 0 Å². The van der Waals surface area contributed by atoms with Crippen LogP contribution in [0, 0.1) is 5.92 Å². The summed E-state index contributed by atoms with van der Waals surface area (Å²) in [5, 5.41) is 2.64. The largest absolute Gasteiger partial charge is 0.0616 e. The zero-order chi connectivity index (χ0) is 15.0. The highest BCUT2D eigenvalue weighted by Gasteiger charge is 2.16. The number of allylic oxidation sites excluding steroid dienone is 8. The van der Waals surface area contributed by atoms with E-state index in [9.17, 15) is 0 Å². The van der Waals surface area contributed by atoms with Crippen molar-refractivity contribution < 1.29 is 0 Å². The second-order valence-corrected chi connectivity index (χ2v) is 6.21. The third kappa shape index (κ3) is 2.47. The maximum absolute atomic E-state index is 2.37. The summed E-state index contributed by atoms with van der Waals surface area (Å²) < 4.78 is 0. The molecule has 3 rings (SSSR count). The Balaban J connectivity index is 2.42. The van der Waals surface area contributed by atoms with E-state index in [-0.39, 0.29) is 0 Å². The average molecular weight is 274 g/mol. The molecule has 2 aliphatic carbocycles. The Bertz CT molecular complexity index is 821. The first-order valence-electron chi connectivity index (χ1n) is 7.67. The van der Waals surface area contributed by atoms with Crippen LogP contribution in [0.5, 0.6) is 0 Å². The van der Waals surface area contributed by atoms with Gasteiger partial charge in [0.15, 0.2) is 0 Å². The molecule has 0 bridgehead atoms. The summed E-state index contributed by atoms with van der Waals surface area (Å²) in [7, 11) is 0. The quantitative estimate of drug-likeness (QED) is 0.725. The van der Waals surface area contributed by atoms with Crippen LogP contribution >= 0.6 is 0 Å². The van der Waals surface area contributed by atoms with Crippen molar-refractivity contribution in [3.05, 3.63) is 81.3 Å². The molecular weight excluding hydrogens is 252 g/mol. The van der Waals surface area contributed by atoms with Gasteiger partial charge in [0.1, 0.15) is 0 Å². The molecule has 0 aliphatic heterocycles.